The van der Waals surface area contributed by atoms with Crippen LogP contribution in [0.4, 0.5) is 5.69 Å². The zero-order valence-corrected chi connectivity index (χ0v) is 19.4. The SMILES string of the molecule is CN(CCCOc1cccc(S(C)(=O)=O)c1)C(=O)c1ccc(NC(=O)c2cccs2)cc1. The van der Waals surface area contributed by atoms with E-state index in [4.69, 9.17) is 4.74 Å². The van der Waals surface area contributed by atoms with Gasteiger partial charge in [-0.2, -0.15) is 0 Å². The lowest BCUT2D eigenvalue weighted by molar-refractivity contribution is 0.0787. The summed E-state index contributed by atoms with van der Waals surface area (Å²) in [4.78, 5) is 27.1. The van der Waals surface area contributed by atoms with E-state index in [0.717, 1.165) is 6.26 Å². The number of hydrogen-bond donors (Lipinski definition) is 1. The quantitative estimate of drug-likeness (QED) is 0.476. The molecule has 0 aliphatic rings. The van der Waals surface area contributed by atoms with Crippen molar-refractivity contribution < 1.29 is 22.7 Å². The molecule has 168 valence electrons. The van der Waals surface area contributed by atoms with Crippen molar-refractivity contribution in [2.45, 2.75) is 11.3 Å². The lowest BCUT2D eigenvalue weighted by atomic mass is 10.1. The highest BCUT2D eigenvalue weighted by molar-refractivity contribution is 7.90. The van der Waals surface area contributed by atoms with Crippen LogP contribution in [-0.2, 0) is 9.84 Å². The van der Waals surface area contributed by atoms with Gasteiger partial charge in [0.15, 0.2) is 9.84 Å². The van der Waals surface area contributed by atoms with Crippen LogP contribution >= 0.6 is 11.3 Å². The summed E-state index contributed by atoms with van der Waals surface area (Å²) in [7, 11) is -1.58. The van der Waals surface area contributed by atoms with E-state index in [1.54, 1.807) is 54.4 Å². The smallest absolute Gasteiger partial charge is 0.265 e. The minimum absolute atomic E-state index is 0.139. The predicted molar refractivity (Wildman–Crippen MR) is 125 cm³/mol. The number of nitrogens with zero attached hydrogens (tertiary/aromatic N) is 1. The molecule has 1 heterocycles. The van der Waals surface area contributed by atoms with Crippen LogP contribution in [0.2, 0.25) is 0 Å². The predicted octanol–water partition coefficient (Wildman–Crippen LogP) is 3.95. The summed E-state index contributed by atoms with van der Waals surface area (Å²) in [5, 5.41) is 4.64. The monoisotopic (exact) mass is 472 g/mol. The molecule has 3 aromatic rings. The standard InChI is InChI=1S/C23H24N2O5S2/c1-25(13-5-14-30-19-6-3-7-20(16-19)32(2,28)29)23(27)17-9-11-18(12-10-17)24-22(26)21-8-4-15-31-21/h3-4,6-12,15-16H,5,13-14H2,1-2H3,(H,24,26). The van der Waals surface area contributed by atoms with E-state index in [0.29, 0.717) is 41.4 Å². The first-order valence-electron chi connectivity index (χ1n) is 9.87. The Hall–Kier alpha value is -3.17. The summed E-state index contributed by atoms with van der Waals surface area (Å²) in [6.45, 7) is 0.819. The van der Waals surface area contributed by atoms with Gasteiger partial charge in [-0.15, -0.1) is 11.3 Å². The number of ether oxygens (including phenoxy) is 1. The Morgan fingerprint density at radius 3 is 2.47 bits per heavy atom. The molecule has 0 fully saturated rings. The van der Waals surface area contributed by atoms with Gasteiger partial charge < -0.3 is 15.0 Å². The largest absolute Gasteiger partial charge is 0.493 e. The van der Waals surface area contributed by atoms with E-state index in [1.807, 2.05) is 11.4 Å². The third kappa shape index (κ3) is 6.41. The molecule has 0 saturated carbocycles. The minimum atomic E-state index is -3.29. The van der Waals surface area contributed by atoms with Crippen LogP contribution in [0.25, 0.3) is 0 Å². The van der Waals surface area contributed by atoms with Gasteiger partial charge in [-0.3, -0.25) is 9.59 Å². The Morgan fingerprint density at radius 1 is 1.06 bits per heavy atom. The number of thiophene rings is 1. The fourth-order valence-corrected chi connectivity index (χ4v) is 4.18. The van der Waals surface area contributed by atoms with E-state index in [2.05, 4.69) is 5.32 Å². The van der Waals surface area contributed by atoms with Gasteiger partial charge in [-0.1, -0.05) is 12.1 Å². The van der Waals surface area contributed by atoms with Crippen LogP contribution in [0.5, 0.6) is 5.75 Å². The lowest BCUT2D eigenvalue weighted by Crippen LogP contribution is -2.28. The third-order valence-corrected chi connectivity index (χ3v) is 6.60. The molecule has 0 aliphatic carbocycles. The highest BCUT2D eigenvalue weighted by Crippen LogP contribution is 2.18. The average Bonchev–Trinajstić information content (AvgIpc) is 3.31. The molecule has 0 radical (unpaired) electrons. The molecular weight excluding hydrogens is 448 g/mol. The van der Waals surface area contributed by atoms with E-state index in [-0.39, 0.29) is 16.7 Å². The van der Waals surface area contributed by atoms with Crippen LogP contribution in [-0.4, -0.2) is 51.6 Å². The van der Waals surface area contributed by atoms with Crippen molar-refractivity contribution in [1.29, 1.82) is 0 Å². The number of carbonyl (C=O) groups is 2. The van der Waals surface area contributed by atoms with Crippen LogP contribution in [0.15, 0.2) is 70.9 Å². The molecule has 0 spiro atoms. The Morgan fingerprint density at radius 2 is 1.81 bits per heavy atom. The molecule has 9 heteroatoms. The number of hydrogen-bond acceptors (Lipinski definition) is 6. The molecule has 32 heavy (non-hydrogen) atoms. The second-order valence-electron chi connectivity index (χ2n) is 7.18. The summed E-state index contributed by atoms with van der Waals surface area (Å²) >= 11 is 1.36. The molecule has 0 bridgehead atoms. The van der Waals surface area contributed by atoms with Gasteiger partial charge in [0.2, 0.25) is 0 Å². The maximum Gasteiger partial charge on any atom is 0.265 e. The Balaban J connectivity index is 1.47. The van der Waals surface area contributed by atoms with Gasteiger partial charge in [0, 0.05) is 31.1 Å². The fourth-order valence-electron chi connectivity index (χ4n) is 2.90. The summed E-state index contributed by atoms with van der Waals surface area (Å²) in [5.74, 6) is 0.153. The number of benzene rings is 2. The van der Waals surface area contributed by atoms with Crippen molar-refractivity contribution in [1.82, 2.24) is 4.90 Å². The third-order valence-electron chi connectivity index (χ3n) is 4.62. The first-order valence-corrected chi connectivity index (χ1v) is 12.6. The summed E-state index contributed by atoms with van der Waals surface area (Å²) < 4.78 is 28.9. The van der Waals surface area contributed by atoms with Gasteiger partial charge in [-0.05, 0) is 60.3 Å². The number of anilines is 1. The highest BCUT2D eigenvalue weighted by Gasteiger charge is 2.13. The molecule has 0 atom stereocenters. The van der Waals surface area contributed by atoms with Crippen molar-refractivity contribution in [2.24, 2.45) is 0 Å². The lowest BCUT2D eigenvalue weighted by Gasteiger charge is -2.17. The second-order valence-corrected chi connectivity index (χ2v) is 10.1. The van der Waals surface area contributed by atoms with Crippen LogP contribution in [0, 0.1) is 0 Å². The van der Waals surface area contributed by atoms with Gasteiger partial charge in [0.25, 0.3) is 11.8 Å². The molecule has 1 aromatic heterocycles. The summed E-state index contributed by atoms with van der Waals surface area (Å²) in [6, 6.07) is 16.7. The zero-order chi connectivity index (χ0) is 23.1. The van der Waals surface area contributed by atoms with E-state index < -0.39 is 9.84 Å². The second kappa shape index (κ2) is 10.4. The van der Waals surface area contributed by atoms with Crippen molar-refractivity contribution >= 4 is 38.7 Å². The van der Waals surface area contributed by atoms with Gasteiger partial charge in [0.05, 0.1) is 16.4 Å². The van der Waals surface area contributed by atoms with E-state index >= 15 is 0 Å². The van der Waals surface area contributed by atoms with E-state index in [9.17, 15) is 18.0 Å². The molecule has 7 nitrogen and oxygen atoms in total. The van der Waals surface area contributed by atoms with Crippen LogP contribution in [0.1, 0.15) is 26.5 Å². The number of amides is 2. The number of rotatable bonds is 9. The van der Waals surface area contributed by atoms with Crippen molar-refractivity contribution in [3.05, 3.63) is 76.5 Å². The molecule has 0 unspecified atom stereocenters. The van der Waals surface area contributed by atoms with Gasteiger partial charge in [0.1, 0.15) is 5.75 Å². The maximum atomic E-state index is 12.6. The zero-order valence-electron chi connectivity index (χ0n) is 17.8. The van der Waals surface area contributed by atoms with Crippen molar-refractivity contribution in [3.8, 4) is 5.75 Å². The number of sulfone groups is 1. The molecule has 0 saturated heterocycles. The molecule has 3 rings (SSSR count). The van der Waals surface area contributed by atoms with Crippen molar-refractivity contribution in [3.63, 3.8) is 0 Å². The maximum absolute atomic E-state index is 12.6. The number of nitrogens with one attached hydrogen (secondary N) is 1. The average molecular weight is 473 g/mol. The molecule has 0 aliphatic heterocycles. The first-order chi connectivity index (χ1) is 15.2. The Kier molecular flexibility index (Phi) is 7.66. The molecule has 1 N–H and O–H groups in total. The molecule has 2 amide bonds. The number of carbonyl (C=O) groups excluding carboxylic acids is 2. The normalized spacial score (nSPS) is 11.1. The van der Waals surface area contributed by atoms with Gasteiger partial charge in [-0.25, -0.2) is 8.42 Å². The minimum Gasteiger partial charge on any atom is -0.493 e. The Labute approximate surface area is 191 Å². The van der Waals surface area contributed by atoms with Gasteiger partial charge >= 0.3 is 0 Å². The van der Waals surface area contributed by atoms with E-state index in [1.165, 1.54) is 23.5 Å². The van der Waals surface area contributed by atoms with Crippen LogP contribution < -0.4 is 10.1 Å². The highest BCUT2D eigenvalue weighted by atomic mass is 32.2. The first kappa shape index (κ1) is 23.5. The van der Waals surface area contributed by atoms with Crippen molar-refractivity contribution in [2.75, 3.05) is 31.8 Å². The topological polar surface area (TPSA) is 92.8 Å². The fraction of sp³-hybridized carbons (Fsp3) is 0.217. The summed E-state index contributed by atoms with van der Waals surface area (Å²) in [6.07, 6.45) is 1.73. The summed E-state index contributed by atoms with van der Waals surface area (Å²) in [5.41, 5.74) is 1.13. The Bertz CT molecular complexity index is 1170. The van der Waals surface area contributed by atoms with Crippen LogP contribution in [0.3, 0.4) is 0 Å². The molecule has 2 aromatic carbocycles. The molecular formula is C23H24N2O5S2.